The SMILES string of the molecule is CN(C)Cc1ccnc(CSCCNc2ncc(Cc3cc[nH]c(=O)c3)c(=O)[nH]2)c1.Cl.Cl.Cl.Cl. The first-order valence-electron chi connectivity index (χ1n) is 9.65. The van der Waals surface area contributed by atoms with Crippen LogP contribution in [0.4, 0.5) is 5.95 Å². The highest BCUT2D eigenvalue weighted by atomic mass is 35.5. The maximum absolute atomic E-state index is 12.3. The normalized spacial score (nSPS) is 9.74. The quantitative estimate of drug-likeness (QED) is 0.319. The summed E-state index contributed by atoms with van der Waals surface area (Å²) in [6, 6.07) is 7.43. The zero-order chi connectivity index (χ0) is 21.3. The third kappa shape index (κ3) is 11.6. The number of thioether (sulfide) groups is 1. The van der Waals surface area contributed by atoms with Crippen LogP contribution in [0.1, 0.15) is 22.4 Å². The Morgan fingerprint density at radius 3 is 2.47 bits per heavy atom. The number of hydrogen-bond donors (Lipinski definition) is 3. The van der Waals surface area contributed by atoms with Gasteiger partial charge < -0.3 is 15.2 Å². The van der Waals surface area contributed by atoms with Gasteiger partial charge in [-0.2, -0.15) is 11.8 Å². The molecule has 3 heterocycles. The molecule has 0 unspecified atom stereocenters. The average molecular weight is 572 g/mol. The minimum Gasteiger partial charge on any atom is -0.355 e. The van der Waals surface area contributed by atoms with E-state index in [1.807, 2.05) is 26.4 Å². The van der Waals surface area contributed by atoms with E-state index in [9.17, 15) is 9.59 Å². The minimum absolute atomic E-state index is 0. The molecule has 3 aromatic heterocycles. The van der Waals surface area contributed by atoms with E-state index >= 15 is 0 Å². The molecule has 34 heavy (non-hydrogen) atoms. The first kappa shape index (κ1) is 34.4. The first-order valence-corrected chi connectivity index (χ1v) is 10.8. The molecule has 8 nitrogen and oxygen atoms in total. The van der Waals surface area contributed by atoms with Crippen LogP contribution in [0.3, 0.4) is 0 Å². The summed E-state index contributed by atoms with van der Waals surface area (Å²) in [7, 11) is 4.10. The fraction of sp³-hybridized carbons (Fsp3) is 0.333. The highest BCUT2D eigenvalue weighted by Gasteiger charge is 2.05. The summed E-state index contributed by atoms with van der Waals surface area (Å²) >= 11 is 1.77. The summed E-state index contributed by atoms with van der Waals surface area (Å²) in [5.74, 6) is 2.14. The van der Waals surface area contributed by atoms with E-state index in [0.717, 1.165) is 29.3 Å². The van der Waals surface area contributed by atoms with E-state index in [-0.39, 0.29) is 60.7 Å². The van der Waals surface area contributed by atoms with Gasteiger partial charge in [0.25, 0.3) is 5.56 Å². The number of pyridine rings is 2. The van der Waals surface area contributed by atoms with Crippen molar-refractivity contribution in [1.29, 1.82) is 0 Å². The smallest absolute Gasteiger partial charge is 0.255 e. The Bertz CT molecular complexity index is 1100. The maximum atomic E-state index is 12.3. The molecule has 0 saturated heterocycles. The van der Waals surface area contributed by atoms with Gasteiger partial charge in [0.05, 0.1) is 5.69 Å². The van der Waals surface area contributed by atoms with Gasteiger partial charge in [0.1, 0.15) is 0 Å². The molecule has 0 aliphatic carbocycles. The number of hydrogen-bond acceptors (Lipinski definition) is 7. The Balaban J connectivity index is 0. The molecule has 0 atom stereocenters. The number of nitrogens with one attached hydrogen (secondary N) is 3. The van der Waals surface area contributed by atoms with E-state index in [1.165, 1.54) is 11.6 Å². The first-order chi connectivity index (χ1) is 14.5. The van der Waals surface area contributed by atoms with E-state index in [2.05, 4.69) is 36.2 Å². The van der Waals surface area contributed by atoms with Crippen LogP contribution >= 0.6 is 61.4 Å². The predicted octanol–water partition coefficient (Wildman–Crippen LogP) is 3.54. The number of rotatable bonds is 10. The zero-order valence-electron chi connectivity index (χ0n) is 18.8. The lowest BCUT2D eigenvalue weighted by atomic mass is 10.1. The summed E-state index contributed by atoms with van der Waals surface area (Å²) in [4.78, 5) is 39.8. The topological polar surface area (TPSA) is 107 Å². The third-order valence-corrected chi connectivity index (χ3v) is 5.27. The van der Waals surface area contributed by atoms with Crippen LogP contribution in [0.25, 0.3) is 0 Å². The molecule has 0 spiro atoms. The Morgan fingerprint density at radius 1 is 1.03 bits per heavy atom. The van der Waals surface area contributed by atoms with Crippen molar-refractivity contribution in [3.8, 4) is 0 Å². The maximum Gasteiger partial charge on any atom is 0.255 e. The largest absolute Gasteiger partial charge is 0.355 e. The fourth-order valence-electron chi connectivity index (χ4n) is 2.94. The van der Waals surface area contributed by atoms with Gasteiger partial charge in [-0.1, -0.05) is 0 Å². The van der Waals surface area contributed by atoms with Gasteiger partial charge in [0, 0.05) is 61.2 Å². The molecule has 0 aliphatic rings. The van der Waals surface area contributed by atoms with Crippen LogP contribution in [0.2, 0.25) is 0 Å². The van der Waals surface area contributed by atoms with Crippen molar-refractivity contribution >= 4 is 67.3 Å². The molecule has 13 heteroatoms. The van der Waals surface area contributed by atoms with Gasteiger partial charge in [-0.05, 0) is 43.4 Å². The molecule has 0 radical (unpaired) electrons. The van der Waals surface area contributed by atoms with Gasteiger partial charge >= 0.3 is 0 Å². The van der Waals surface area contributed by atoms with E-state index in [1.54, 1.807) is 30.2 Å². The molecular formula is C21H30Cl4N6O2S. The van der Waals surface area contributed by atoms with Crippen molar-refractivity contribution in [2.45, 2.75) is 18.7 Å². The Kier molecular flexibility index (Phi) is 17.9. The number of anilines is 1. The van der Waals surface area contributed by atoms with Gasteiger partial charge in [0.15, 0.2) is 0 Å². The predicted molar refractivity (Wildman–Crippen MR) is 150 cm³/mol. The summed E-state index contributed by atoms with van der Waals surface area (Å²) in [6.07, 6.45) is 5.34. The van der Waals surface area contributed by atoms with Crippen LogP contribution < -0.4 is 16.4 Å². The third-order valence-electron chi connectivity index (χ3n) is 4.28. The molecule has 190 valence electrons. The van der Waals surface area contributed by atoms with Gasteiger partial charge in [0.2, 0.25) is 11.5 Å². The van der Waals surface area contributed by atoms with Gasteiger partial charge in [-0.25, -0.2) is 4.98 Å². The molecule has 0 fully saturated rings. The lowest BCUT2D eigenvalue weighted by Gasteiger charge is -2.10. The summed E-state index contributed by atoms with van der Waals surface area (Å²) in [6.45, 7) is 1.58. The fourth-order valence-corrected chi connectivity index (χ4v) is 3.70. The number of aromatic amines is 2. The number of aromatic nitrogens is 4. The molecule has 0 bridgehead atoms. The zero-order valence-corrected chi connectivity index (χ0v) is 22.9. The molecule has 0 amide bonds. The van der Waals surface area contributed by atoms with Crippen molar-refractivity contribution in [2.24, 2.45) is 0 Å². The molecular weight excluding hydrogens is 542 g/mol. The van der Waals surface area contributed by atoms with Crippen LogP contribution in [-0.4, -0.2) is 51.2 Å². The molecule has 3 N–H and O–H groups in total. The number of nitrogens with zero attached hydrogens (tertiary/aromatic N) is 3. The van der Waals surface area contributed by atoms with Crippen molar-refractivity contribution in [2.75, 3.05) is 31.7 Å². The highest BCUT2D eigenvalue weighted by Crippen LogP contribution is 2.12. The monoisotopic (exact) mass is 570 g/mol. The second-order valence-electron chi connectivity index (χ2n) is 7.20. The Labute approximate surface area is 227 Å². The number of halogens is 4. The van der Waals surface area contributed by atoms with Crippen molar-refractivity contribution < 1.29 is 0 Å². The standard InChI is InChI=1S/C21H26N6O2S.4ClH/c1-27(2)13-16-4-5-22-18(10-16)14-30-8-7-24-21-25-12-17(20(29)26-21)9-15-3-6-23-19(28)11-15;;;;/h3-6,10-12H,7-9,13-14H2,1-2H3,(H,23,28)(H2,24,25,26,29);4*1H. The summed E-state index contributed by atoms with van der Waals surface area (Å²) in [5.41, 5.74) is 3.21. The second-order valence-corrected chi connectivity index (χ2v) is 8.30. The Morgan fingerprint density at radius 2 is 1.79 bits per heavy atom. The van der Waals surface area contributed by atoms with Crippen LogP contribution in [0.5, 0.6) is 0 Å². The van der Waals surface area contributed by atoms with Crippen LogP contribution in [0, 0.1) is 0 Å². The summed E-state index contributed by atoms with van der Waals surface area (Å²) in [5, 5.41) is 3.14. The van der Waals surface area contributed by atoms with Crippen LogP contribution in [-0.2, 0) is 18.7 Å². The lowest BCUT2D eigenvalue weighted by molar-refractivity contribution is 0.402. The van der Waals surface area contributed by atoms with Crippen molar-refractivity contribution in [3.63, 3.8) is 0 Å². The summed E-state index contributed by atoms with van der Waals surface area (Å²) < 4.78 is 0. The van der Waals surface area contributed by atoms with Crippen LogP contribution in [0.15, 0.2) is 52.4 Å². The minimum atomic E-state index is -0.206. The van der Waals surface area contributed by atoms with E-state index in [0.29, 0.717) is 24.5 Å². The Hall–Kier alpha value is -1.75. The molecule has 0 saturated carbocycles. The lowest BCUT2D eigenvalue weighted by Crippen LogP contribution is -2.18. The molecule has 0 aliphatic heterocycles. The van der Waals surface area contributed by atoms with Gasteiger partial charge in [-0.15, -0.1) is 49.6 Å². The van der Waals surface area contributed by atoms with Gasteiger partial charge in [-0.3, -0.25) is 19.6 Å². The molecule has 3 aromatic rings. The number of H-pyrrole nitrogens is 2. The van der Waals surface area contributed by atoms with Crippen molar-refractivity contribution in [1.82, 2.24) is 24.8 Å². The van der Waals surface area contributed by atoms with Crippen molar-refractivity contribution in [3.05, 3.63) is 85.9 Å². The molecule has 0 aromatic carbocycles. The average Bonchev–Trinajstić information content (AvgIpc) is 2.69. The molecule has 3 rings (SSSR count). The highest BCUT2D eigenvalue weighted by molar-refractivity contribution is 7.98. The van der Waals surface area contributed by atoms with E-state index in [4.69, 9.17) is 0 Å². The second kappa shape index (κ2) is 17.7. The van der Waals surface area contributed by atoms with E-state index < -0.39 is 0 Å².